The molecule has 7 nitrogen and oxygen atoms in total. The lowest BCUT2D eigenvalue weighted by molar-refractivity contribution is -0.116. The number of amides is 1. The summed E-state index contributed by atoms with van der Waals surface area (Å²) in [5.74, 6) is 2.05. The molecule has 156 valence electrons. The zero-order valence-corrected chi connectivity index (χ0v) is 18.0. The predicted octanol–water partition coefficient (Wildman–Crippen LogP) is 2.38. The molecule has 0 radical (unpaired) electrons. The Morgan fingerprint density at radius 2 is 2.00 bits per heavy atom. The molecule has 1 atom stereocenters. The molecule has 1 N–H and O–H groups in total. The van der Waals surface area contributed by atoms with Gasteiger partial charge < -0.3 is 9.47 Å². The van der Waals surface area contributed by atoms with Crippen molar-refractivity contribution in [1.29, 1.82) is 0 Å². The average Bonchev–Trinajstić information content (AvgIpc) is 2.78. The number of hydrogen-bond donors (Lipinski definition) is 1. The fraction of sp³-hybridized carbons (Fsp3) is 0.318. The summed E-state index contributed by atoms with van der Waals surface area (Å²) in [6.45, 7) is 2.14. The van der Waals surface area contributed by atoms with Crippen LogP contribution < -0.4 is 25.4 Å². The molecule has 8 heteroatoms. The molecule has 0 spiro atoms. The number of carbonyl (C=O) groups excluding carboxylic acids is 1. The highest BCUT2D eigenvalue weighted by Crippen LogP contribution is 2.37. The lowest BCUT2D eigenvalue weighted by Crippen LogP contribution is -2.50. The molecular formula is C22H24N4O3S. The third-order valence-electron chi connectivity index (χ3n) is 4.97. The Balaban J connectivity index is 1.88. The fourth-order valence-corrected chi connectivity index (χ4v) is 4.39. The maximum Gasteiger partial charge on any atom is 0.276 e. The summed E-state index contributed by atoms with van der Waals surface area (Å²) in [5, 5.41) is 11.5. The van der Waals surface area contributed by atoms with Crippen molar-refractivity contribution in [3.63, 3.8) is 0 Å². The Hall–Kier alpha value is -3.00. The molecular weight excluding hydrogens is 400 g/mol. The van der Waals surface area contributed by atoms with Crippen LogP contribution in [0.25, 0.3) is 5.70 Å². The van der Waals surface area contributed by atoms with E-state index < -0.39 is 6.17 Å². The Labute approximate surface area is 179 Å². The zero-order valence-electron chi connectivity index (χ0n) is 17.2. The largest absolute Gasteiger partial charge is 0.497 e. The minimum Gasteiger partial charge on any atom is -0.497 e. The minimum atomic E-state index is -0.548. The van der Waals surface area contributed by atoms with Crippen molar-refractivity contribution in [2.24, 2.45) is 10.1 Å². The van der Waals surface area contributed by atoms with Gasteiger partial charge in [0.15, 0.2) is 11.3 Å². The van der Waals surface area contributed by atoms with Crippen LogP contribution in [-0.2, 0) is 4.79 Å². The average molecular weight is 425 g/mol. The van der Waals surface area contributed by atoms with Crippen molar-refractivity contribution in [2.75, 3.05) is 20.0 Å². The van der Waals surface area contributed by atoms with Crippen molar-refractivity contribution in [1.82, 2.24) is 10.3 Å². The van der Waals surface area contributed by atoms with Crippen LogP contribution in [0.4, 0.5) is 0 Å². The SMILES string of the molecule is CCCCSC1=NN2C(=c3ccccc3=N[C@H]2c2cc(OC)ccc2OC)C(=O)N1. The number of hydrazone groups is 1. The molecule has 2 aromatic carbocycles. The Morgan fingerprint density at radius 3 is 2.77 bits per heavy atom. The van der Waals surface area contributed by atoms with Gasteiger partial charge in [-0.25, -0.2) is 5.01 Å². The summed E-state index contributed by atoms with van der Waals surface area (Å²) in [4.78, 5) is 18.0. The van der Waals surface area contributed by atoms with Crippen LogP contribution >= 0.6 is 11.8 Å². The Bertz CT molecular complexity index is 1120. The number of thioether (sulfide) groups is 1. The highest BCUT2D eigenvalue weighted by Gasteiger charge is 2.35. The quantitative estimate of drug-likeness (QED) is 0.721. The van der Waals surface area contributed by atoms with E-state index >= 15 is 0 Å². The van der Waals surface area contributed by atoms with Gasteiger partial charge in [0, 0.05) is 16.5 Å². The predicted molar refractivity (Wildman–Crippen MR) is 118 cm³/mol. The van der Waals surface area contributed by atoms with Gasteiger partial charge in [0.05, 0.1) is 19.6 Å². The van der Waals surface area contributed by atoms with Gasteiger partial charge in [-0.05, 0) is 30.7 Å². The Morgan fingerprint density at radius 1 is 1.17 bits per heavy atom. The van der Waals surface area contributed by atoms with Crippen molar-refractivity contribution in [3.05, 3.63) is 58.6 Å². The van der Waals surface area contributed by atoms with Gasteiger partial charge in [0.2, 0.25) is 0 Å². The number of fused-ring (bicyclic) bond motifs is 2. The number of rotatable bonds is 6. The zero-order chi connectivity index (χ0) is 21.1. The van der Waals surface area contributed by atoms with E-state index in [1.165, 1.54) is 0 Å². The second-order valence-corrected chi connectivity index (χ2v) is 7.97. The van der Waals surface area contributed by atoms with E-state index in [4.69, 9.17) is 19.6 Å². The molecule has 0 saturated heterocycles. The number of methoxy groups -OCH3 is 2. The number of carbonyl (C=O) groups is 1. The minimum absolute atomic E-state index is 0.182. The first-order valence-electron chi connectivity index (χ1n) is 9.87. The van der Waals surface area contributed by atoms with Gasteiger partial charge in [-0.1, -0.05) is 43.3 Å². The molecule has 2 heterocycles. The molecule has 0 bridgehead atoms. The lowest BCUT2D eigenvalue weighted by Gasteiger charge is -2.34. The number of nitrogens with one attached hydrogen (secondary N) is 1. The van der Waals surface area contributed by atoms with Crippen LogP contribution in [0.1, 0.15) is 31.5 Å². The van der Waals surface area contributed by atoms with Crippen LogP contribution in [0.3, 0.4) is 0 Å². The van der Waals surface area contributed by atoms with Crippen molar-refractivity contribution < 1.29 is 14.3 Å². The maximum absolute atomic E-state index is 13.1. The van der Waals surface area contributed by atoms with Crippen molar-refractivity contribution >= 4 is 28.5 Å². The summed E-state index contributed by atoms with van der Waals surface area (Å²) < 4.78 is 11.0. The molecule has 4 rings (SSSR count). The lowest BCUT2D eigenvalue weighted by atomic mass is 10.1. The van der Waals surface area contributed by atoms with Crippen molar-refractivity contribution in [3.8, 4) is 11.5 Å². The topological polar surface area (TPSA) is 75.5 Å². The van der Waals surface area contributed by atoms with E-state index in [-0.39, 0.29) is 5.91 Å². The monoisotopic (exact) mass is 424 g/mol. The van der Waals surface area contributed by atoms with Crippen LogP contribution in [-0.4, -0.2) is 36.1 Å². The highest BCUT2D eigenvalue weighted by atomic mass is 32.2. The fourth-order valence-electron chi connectivity index (χ4n) is 3.45. The molecule has 0 aliphatic carbocycles. The summed E-state index contributed by atoms with van der Waals surface area (Å²) in [6.07, 6.45) is 1.59. The number of hydrogen-bond acceptors (Lipinski definition) is 7. The molecule has 1 amide bonds. The molecule has 2 aliphatic rings. The van der Waals surface area contributed by atoms with Gasteiger partial charge in [-0.3, -0.25) is 15.1 Å². The maximum atomic E-state index is 13.1. The molecule has 2 aromatic rings. The summed E-state index contributed by atoms with van der Waals surface area (Å²) >= 11 is 1.54. The van der Waals surface area contributed by atoms with E-state index in [2.05, 4.69) is 12.2 Å². The number of benzene rings is 2. The van der Waals surface area contributed by atoms with Crippen LogP contribution in [0.15, 0.2) is 52.6 Å². The van der Waals surface area contributed by atoms with Gasteiger partial charge in [0.1, 0.15) is 17.2 Å². The van der Waals surface area contributed by atoms with Crippen LogP contribution in [0.2, 0.25) is 0 Å². The molecule has 0 fully saturated rings. The molecule has 0 saturated carbocycles. The standard InChI is InChI=1S/C22H24N4O3S/c1-4-5-12-30-22-24-21(27)19-15-8-6-7-9-17(15)23-20(26(19)25-22)16-13-14(28-2)10-11-18(16)29-3/h6-11,13,20H,4-5,12H2,1-3H3,(H,24,25,27)/t20-/m1/s1. The molecule has 30 heavy (non-hydrogen) atoms. The summed E-state index contributed by atoms with van der Waals surface area (Å²) in [5.41, 5.74) is 1.26. The van der Waals surface area contributed by atoms with Crippen molar-refractivity contribution in [2.45, 2.75) is 25.9 Å². The third-order valence-corrected chi connectivity index (χ3v) is 5.92. The third kappa shape index (κ3) is 3.75. The van der Waals surface area contributed by atoms with Gasteiger partial charge in [0.25, 0.3) is 5.91 Å². The van der Waals surface area contributed by atoms with E-state index in [0.717, 1.165) is 34.7 Å². The number of nitrogens with zero attached hydrogens (tertiary/aromatic N) is 3. The number of para-hydroxylation sites is 1. The first kappa shape index (κ1) is 20.3. The summed E-state index contributed by atoms with van der Waals surface area (Å²) in [7, 11) is 3.23. The van der Waals surface area contributed by atoms with E-state index in [9.17, 15) is 4.79 Å². The van der Waals surface area contributed by atoms with E-state index in [1.807, 2.05) is 42.5 Å². The first-order chi connectivity index (χ1) is 14.7. The number of unbranched alkanes of at least 4 members (excludes halogenated alkanes) is 1. The van der Waals surface area contributed by atoms with Crippen LogP contribution in [0.5, 0.6) is 11.5 Å². The second kappa shape index (κ2) is 8.79. The van der Waals surface area contributed by atoms with E-state index in [0.29, 0.717) is 22.4 Å². The van der Waals surface area contributed by atoms with Crippen LogP contribution in [0, 0.1) is 0 Å². The first-order valence-corrected chi connectivity index (χ1v) is 10.9. The number of amidine groups is 1. The molecule has 2 aliphatic heterocycles. The molecule has 0 unspecified atom stereocenters. The highest BCUT2D eigenvalue weighted by molar-refractivity contribution is 8.13. The summed E-state index contributed by atoms with van der Waals surface area (Å²) in [6, 6.07) is 13.2. The second-order valence-electron chi connectivity index (χ2n) is 6.88. The Kier molecular flexibility index (Phi) is 5.94. The normalized spacial score (nSPS) is 17.4. The number of ether oxygens (including phenoxy) is 2. The van der Waals surface area contributed by atoms with E-state index in [1.54, 1.807) is 31.0 Å². The smallest absolute Gasteiger partial charge is 0.276 e. The van der Waals surface area contributed by atoms with Gasteiger partial charge >= 0.3 is 0 Å². The molecule has 0 aromatic heterocycles. The van der Waals surface area contributed by atoms with Gasteiger partial charge in [-0.2, -0.15) is 0 Å². The van der Waals surface area contributed by atoms with Gasteiger partial charge in [-0.15, -0.1) is 5.10 Å².